The summed E-state index contributed by atoms with van der Waals surface area (Å²) in [6.45, 7) is 3.14. The average molecular weight is 620 g/mol. The van der Waals surface area contributed by atoms with Crippen LogP contribution in [0.1, 0.15) is 12.8 Å². The SMILES string of the molecule is CN(C)CCN.CN(C)CCN.O=C([O-])CCC(=O)OCCO.[Cl-].[Cl-].[OH-].[Pt+4]. The van der Waals surface area contributed by atoms with Crippen molar-refractivity contribution in [2.24, 2.45) is 11.5 Å². The summed E-state index contributed by atoms with van der Waals surface area (Å²) >= 11 is 0. The molecule has 0 aromatic carbocycles. The van der Waals surface area contributed by atoms with Crippen LogP contribution in [0.3, 0.4) is 0 Å². The first kappa shape index (κ1) is 45.6. The second-order valence-corrected chi connectivity index (χ2v) is 5.00. The maximum atomic E-state index is 10.5. The molecular weight excluding hydrogens is 586 g/mol. The van der Waals surface area contributed by atoms with Crippen LogP contribution in [-0.2, 0) is 35.4 Å². The van der Waals surface area contributed by atoms with Crippen LogP contribution in [-0.4, -0.2) is 99.9 Å². The molecule has 0 amide bonds. The maximum absolute atomic E-state index is 10.5. The molecule has 13 heteroatoms. The van der Waals surface area contributed by atoms with E-state index in [2.05, 4.69) is 14.5 Å². The summed E-state index contributed by atoms with van der Waals surface area (Å²) in [5.74, 6) is -1.92. The zero-order valence-corrected chi connectivity index (χ0v) is 20.1. The predicted molar refractivity (Wildman–Crippen MR) is 89.4 cm³/mol. The Bertz CT molecular complexity index is 284. The molecule has 0 unspecified atom stereocenters. The van der Waals surface area contributed by atoms with E-state index < -0.39 is 11.9 Å². The van der Waals surface area contributed by atoms with Gasteiger partial charge in [-0.05, 0) is 34.6 Å². The average Bonchev–Trinajstić information content (AvgIpc) is 2.44. The van der Waals surface area contributed by atoms with Gasteiger partial charge in [0.15, 0.2) is 0 Å². The molecule has 170 valence electrons. The van der Waals surface area contributed by atoms with Crippen molar-refractivity contribution >= 4 is 11.9 Å². The number of rotatable bonds is 9. The summed E-state index contributed by atoms with van der Waals surface area (Å²) in [6, 6.07) is 0. The summed E-state index contributed by atoms with van der Waals surface area (Å²) in [4.78, 5) is 24.4. The monoisotopic (exact) mass is 619 g/mol. The Morgan fingerprint density at radius 1 is 0.963 bits per heavy atom. The predicted octanol–water partition coefficient (Wildman–Crippen LogP) is -9.11. The Morgan fingerprint density at radius 2 is 1.33 bits per heavy atom. The number of carbonyl (C=O) groups excluding carboxylic acids is 2. The summed E-state index contributed by atoms with van der Waals surface area (Å²) in [7, 11) is 8.03. The summed E-state index contributed by atoms with van der Waals surface area (Å²) in [6.07, 6.45) is -0.549. The first-order valence-corrected chi connectivity index (χ1v) is 7.37. The van der Waals surface area contributed by atoms with Crippen molar-refractivity contribution in [2.75, 3.05) is 67.6 Å². The number of halogens is 2. The number of hydrogen-bond acceptors (Lipinski definition) is 10. The fourth-order valence-corrected chi connectivity index (χ4v) is 0.952. The number of likely N-dealkylation sites (N-methyl/N-ethyl adjacent to an activating group) is 2. The molecule has 0 aliphatic rings. The van der Waals surface area contributed by atoms with Crippen LogP contribution >= 0.6 is 0 Å². The van der Waals surface area contributed by atoms with Crippen molar-refractivity contribution < 1.29 is 75.9 Å². The Morgan fingerprint density at radius 3 is 1.52 bits per heavy atom. The minimum absolute atomic E-state index is 0. The number of carbonyl (C=O) groups is 2. The molecule has 10 nitrogen and oxygen atoms in total. The number of aliphatic hydroxyl groups is 1. The summed E-state index contributed by atoms with van der Waals surface area (Å²) in [5, 5.41) is 18.0. The topological polar surface area (TPSA) is 175 Å². The van der Waals surface area contributed by atoms with Crippen molar-refractivity contribution in [3.63, 3.8) is 0 Å². The fourth-order valence-electron chi connectivity index (χ4n) is 0.952. The second-order valence-electron chi connectivity index (χ2n) is 5.00. The van der Waals surface area contributed by atoms with Crippen LogP contribution in [0.2, 0.25) is 0 Å². The normalized spacial score (nSPS) is 8.19. The van der Waals surface area contributed by atoms with E-state index in [9.17, 15) is 14.7 Å². The number of aliphatic carboxylic acids is 1. The zero-order chi connectivity index (χ0) is 18.7. The Balaban J connectivity index is -0.0000000440. The Hall–Kier alpha value is -0.0317. The molecule has 0 saturated carbocycles. The van der Waals surface area contributed by atoms with Gasteiger partial charge in [-0.25, -0.2) is 0 Å². The third-order valence-electron chi connectivity index (χ3n) is 2.04. The van der Waals surface area contributed by atoms with Gasteiger partial charge >= 0.3 is 27.0 Å². The molecule has 6 N–H and O–H groups in total. The Kier molecular flexibility index (Phi) is 62.2. The van der Waals surface area contributed by atoms with E-state index in [1.807, 2.05) is 28.2 Å². The van der Waals surface area contributed by atoms with E-state index in [0.717, 1.165) is 26.2 Å². The Labute approximate surface area is 189 Å². The first-order valence-electron chi connectivity index (χ1n) is 7.37. The van der Waals surface area contributed by atoms with Crippen molar-refractivity contribution in [1.82, 2.24) is 9.80 Å². The largest absolute Gasteiger partial charge is 4.00 e. The molecule has 0 atom stereocenters. The van der Waals surface area contributed by atoms with Crippen LogP contribution in [0.25, 0.3) is 0 Å². The smallest absolute Gasteiger partial charge is 1.00 e. The van der Waals surface area contributed by atoms with Gasteiger partial charge in [-0.3, -0.25) is 4.79 Å². The molecule has 0 radical (unpaired) electrons. The van der Waals surface area contributed by atoms with Crippen LogP contribution in [0.4, 0.5) is 0 Å². The minimum Gasteiger partial charge on any atom is -1.00 e. The number of ether oxygens (including phenoxy) is 1. The van der Waals surface area contributed by atoms with Gasteiger partial charge in [0.25, 0.3) is 0 Å². The standard InChI is InChI=1S/C6H10O5.2C4H12N2.2ClH.H2O.Pt/c7-3-4-11-6(10)2-1-5(8)9;2*1-6(2)4-3-5;;;;/h7H,1-4H2,(H,8,9);2*3-5H2,1-2H3;2*1H;1H2;/q;;;;;;+4/p-4. The quantitative estimate of drug-likeness (QED) is 0.210. The molecule has 0 aromatic heterocycles. The molecule has 0 aliphatic heterocycles. The van der Waals surface area contributed by atoms with Gasteiger partial charge in [0.2, 0.25) is 0 Å². The molecule has 0 saturated heterocycles. The van der Waals surface area contributed by atoms with E-state index in [1.165, 1.54) is 0 Å². The van der Waals surface area contributed by atoms with Crippen molar-refractivity contribution in [3.05, 3.63) is 0 Å². The molecule has 0 spiro atoms. The molecule has 27 heavy (non-hydrogen) atoms. The molecule has 0 aliphatic carbocycles. The minimum atomic E-state index is -1.29. The van der Waals surface area contributed by atoms with Crippen LogP contribution in [0.15, 0.2) is 0 Å². The van der Waals surface area contributed by atoms with Gasteiger partial charge in [0.05, 0.1) is 13.0 Å². The van der Waals surface area contributed by atoms with Crippen molar-refractivity contribution in [3.8, 4) is 0 Å². The number of esters is 1. The molecule has 0 rings (SSSR count). The number of nitrogens with zero attached hydrogens (tertiary/aromatic N) is 2. The van der Waals surface area contributed by atoms with Gasteiger partial charge in [-0.2, -0.15) is 0 Å². The second kappa shape index (κ2) is 36.8. The van der Waals surface area contributed by atoms with Gasteiger partial charge in [-0.1, -0.05) is 0 Å². The van der Waals surface area contributed by atoms with Crippen LogP contribution in [0, 0.1) is 0 Å². The van der Waals surface area contributed by atoms with E-state index in [4.69, 9.17) is 16.6 Å². The molecule has 0 fully saturated rings. The van der Waals surface area contributed by atoms with E-state index >= 15 is 0 Å². The molecule has 0 aromatic rings. The third-order valence-corrected chi connectivity index (χ3v) is 2.04. The number of carboxylic acids is 1. The van der Waals surface area contributed by atoms with Gasteiger partial charge in [0, 0.05) is 32.1 Å². The number of carboxylic acid groups (broad SMARTS) is 1. The third kappa shape index (κ3) is 66.6. The summed E-state index contributed by atoms with van der Waals surface area (Å²) in [5.41, 5.74) is 10.4. The van der Waals surface area contributed by atoms with Crippen LogP contribution in [0.5, 0.6) is 0 Å². The van der Waals surface area contributed by atoms with Gasteiger partial charge in [-0.15, -0.1) is 0 Å². The van der Waals surface area contributed by atoms with Gasteiger partial charge in [0.1, 0.15) is 6.61 Å². The summed E-state index contributed by atoms with van der Waals surface area (Å²) < 4.78 is 4.36. The van der Waals surface area contributed by atoms with E-state index in [1.54, 1.807) is 0 Å². The number of hydrogen-bond donors (Lipinski definition) is 3. The molecule has 0 heterocycles. The molecule has 0 bridgehead atoms. The number of nitrogens with two attached hydrogens (primary N) is 2. The first-order chi connectivity index (χ1) is 10.7. The van der Waals surface area contributed by atoms with E-state index in [-0.39, 0.29) is 77.4 Å². The zero-order valence-electron chi connectivity index (χ0n) is 16.3. The molecular formula is C14H34Cl2N4O6Pt. The van der Waals surface area contributed by atoms with E-state index in [0.29, 0.717) is 0 Å². The number of aliphatic hydroxyl groups excluding tert-OH is 1. The fraction of sp³-hybridized carbons (Fsp3) is 0.857. The van der Waals surface area contributed by atoms with Gasteiger partial charge < -0.3 is 71.3 Å². The van der Waals surface area contributed by atoms with Crippen LogP contribution < -0.4 is 41.4 Å². The van der Waals surface area contributed by atoms with Crippen molar-refractivity contribution in [2.45, 2.75) is 12.8 Å². The maximum Gasteiger partial charge on any atom is 4.00 e. The van der Waals surface area contributed by atoms with Crippen molar-refractivity contribution in [1.29, 1.82) is 0 Å².